The Morgan fingerprint density at radius 1 is 0.761 bits per heavy atom. The number of rotatable bonds is 21. The summed E-state index contributed by atoms with van der Waals surface area (Å²) in [6.45, 7) is 16.9. The highest BCUT2D eigenvalue weighted by molar-refractivity contribution is 7.92. The predicted molar refractivity (Wildman–Crippen MR) is 274 cm³/mol. The van der Waals surface area contributed by atoms with Gasteiger partial charge in [0, 0.05) is 58.0 Å². The van der Waals surface area contributed by atoms with Crippen LogP contribution in [0, 0.1) is 0 Å². The van der Waals surface area contributed by atoms with Gasteiger partial charge < -0.3 is 38.9 Å². The maximum absolute atomic E-state index is 16.1. The molecule has 1 aromatic heterocycles. The van der Waals surface area contributed by atoms with Crippen LogP contribution in [0.1, 0.15) is 58.2 Å². The van der Waals surface area contributed by atoms with Gasteiger partial charge in [0.15, 0.2) is 8.32 Å². The monoisotopic (exact) mass is 1040 g/mol. The molecule has 0 aliphatic carbocycles. The first-order valence-electron chi connectivity index (χ1n) is 23.4. The number of piperazine rings is 1. The molecule has 1 atom stereocenters. The van der Waals surface area contributed by atoms with Gasteiger partial charge >= 0.3 is 6.09 Å². The Balaban J connectivity index is 1.55. The van der Waals surface area contributed by atoms with Gasteiger partial charge in [-0.15, -0.1) is 10.2 Å². The molecule has 1 amide bonds. The van der Waals surface area contributed by atoms with Gasteiger partial charge in [0.2, 0.25) is 25.9 Å². The van der Waals surface area contributed by atoms with Gasteiger partial charge in [0.25, 0.3) is 0 Å². The lowest BCUT2D eigenvalue weighted by Crippen LogP contribution is -2.51. The van der Waals surface area contributed by atoms with Crippen LogP contribution in [0.15, 0.2) is 94.7 Å². The molecule has 19 nitrogen and oxygen atoms in total. The van der Waals surface area contributed by atoms with E-state index < -0.39 is 56.0 Å². The highest BCUT2D eigenvalue weighted by Gasteiger charge is 2.41. The summed E-state index contributed by atoms with van der Waals surface area (Å²) in [5.74, 6) is 1.71. The summed E-state index contributed by atoms with van der Waals surface area (Å²) >= 11 is 0. The van der Waals surface area contributed by atoms with Gasteiger partial charge in [-0.2, -0.15) is 9.10 Å². The van der Waals surface area contributed by atoms with Crippen LogP contribution >= 0.6 is 0 Å². The number of carbonyl (C=O) groups excluding carboxylic acids is 1. The van der Waals surface area contributed by atoms with E-state index in [9.17, 15) is 4.79 Å². The van der Waals surface area contributed by atoms with Crippen molar-refractivity contribution < 1.29 is 45.0 Å². The van der Waals surface area contributed by atoms with Crippen LogP contribution in [-0.2, 0) is 48.8 Å². The van der Waals surface area contributed by atoms with Crippen molar-refractivity contribution in [1.29, 1.82) is 0 Å². The molecule has 5 aromatic rings. The number of aromatic nitrogens is 4. The Labute approximate surface area is 419 Å². The van der Waals surface area contributed by atoms with E-state index in [1.165, 1.54) is 15.2 Å². The number of tetrazole rings is 1. The lowest BCUT2D eigenvalue weighted by atomic mass is 10.1. The zero-order chi connectivity index (χ0) is 51.8. The lowest BCUT2D eigenvalue weighted by molar-refractivity contribution is 0.0498. The van der Waals surface area contributed by atoms with Crippen LogP contribution < -0.4 is 34.5 Å². The number of anilines is 1. The van der Waals surface area contributed by atoms with E-state index in [2.05, 4.69) is 25.7 Å². The molecule has 1 fully saturated rings. The van der Waals surface area contributed by atoms with E-state index in [4.69, 9.17) is 28.5 Å². The molecule has 1 saturated heterocycles. The summed E-state index contributed by atoms with van der Waals surface area (Å²) in [4.78, 5) is 15.2. The number of amides is 1. The average molecular weight is 1040 g/mol. The summed E-state index contributed by atoms with van der Waals surface area (Å²) in [5, 5.41) is 19.4. The lowest BCUT2D eigenvalue weighted by Gasteiger charge is -2.39. The van der Waals surface area contributed by atoms with E-state index in [0.717, 1.165) is 5.56 Å². The molecule has 71 heavy (non-hydrogen) atoms. The van der Waals surface area contributed by atoms with E-state index >= 15 is 16.8 Å². The van der Waals surface area contributed by atoms with Gasteiger partial charge in [-0.1, -0.05) is 57.2 Å². The van der Waals surface area contributed by atoms with Crippen molar-refractivity contribution in [3.05, 3.63) is 102 Å². The third-order valence-electron chi connectivity index (χ3n) is 12.3. The fraction of sp³-hybridized carbons (Fsp3) is 0.469. The highest BCUT2D eigenvalue weighted by Crippen LogP contribution is 2.42. The number of nitrogens with one attached hydrogen (secondary N) is 3. The first-order chi connectivity index (χ1) is 33.4. The van der Waals surface area contributed by atoms with Crippen molar-refractivity contribution in [1.82, 2.24) is 39.9 Å². The zero-order valence-corrected chi connectivity index (χ0v) is 45.2. The normalized spacial score (nSPS) is 14.3. The molecule has 6 rings (SSSR count). The van der Waals surface area contributed by atoms with Gasteiger partial charge in [-0.05, 0) is 109 Å². The minimum Gasteiger partial charge on any atom is -0.497 e. The molecule has 2 heterocycles. The maximum atomic E-state index is 16.1. The number of ether oxygens (including phenoxy) is 4. The summed E-state index contributed by atoms with van der Waals surface area (Å²) < 4.78 is 95.1. The number of carbonyl (C=O) groups is 1. The maximum Gasteiger partial charge on any atom is 0.407 e. The van der Waals surface area contributed by atoms with Crippen molar-refractivity contribution in [2.75, 3.05) is 65.5 Å². The summed E-state index contributed by atoms with van der Waals surface area (Å²) in [6, 6.07) is 24.2. The number of sulfonamides is 2. The Morgan fingerprint density at radius 2 is 1.28 bits per heavy atom. The Bertz CT molecular complexity index is 2740. The second-order valence-electron chi connectivity index (χ2n) is 19.7. The van der Waals surface area contributed by atoms with Crippen molar-refractivity contribution in [2.24, 2.45) is 0 Å². The molecule has 3 N–H and O–H groups in total. The predicted octanol–water partition coefficient (Wildman–Crippen LogP) is 6.41. The SMILES string of the molecule is COc1ccc(CN(Cc2ccc(OC)cc2)S(=O)(=O)c2c(S(=O)(=O)NCC(CNC(=O)OC(C)(C)C)O[Si](C)(C)C(C)(C)C)ccc(N3CCNCC3)c2-c2nnn(Cc3ccc(OC)cc3)n2)cc1. The fourth-order valence-electron chi connectivity index (χ4n) is 7.48. The molecular formula is C49H69N9O10S2Si. The molecule has 0 radical (unpaired) electrons. The summed E-state index contributed by atoms with van der Waals surface area (Å²) in [6.07, 6.45) is -1.59. The first-order valence-corrected chi connectivity index (χ1v) is 29.2. The number of hydrogen-bond acceptors (Lipinski definition) is 15. The standard InChI is InChI=1S/C49H69N9O10S2Si/c1-48(2,3)67-47(59)51-30-41(68-71(10,11)49(4,5)6)31-52-69(60,61)43-25-24-42(56-28-26-50-27-29-56)44(46-53-55-58(54-46)34-37-16-22-40(66-9)23-17-37)45(43)70(62,63)57(32-35-12-18-38(64-7)19-13-35)33-36-14-20-39(65-8)21-15-36/h12-25,41,50,52H,26-34H2,1-11H3,(H,51,59). The summed E-state index contributed by atoms with van der Waals surface area (Å²) in [5.41, 5.74) is 1.61. The van der Waals surface area contributed by atoms with E-state index in [1.54, 1.807) is 109 Å². The molecule has 386 valence electrons. The van der Waals surface area contributed by atoms with Crippen molar-refractivity contribution in [2.45, 2.75) is 101 Å². The number of benzene rings is 4. The largest absolute Gasteiger partial charge is 0.497 e. The van der Waals surface area contributed by atoms with Crippen LogP contribution in [0.2, 0.25) is 18.1 Å². The second-order valence-corrected chi connectivity index (χ2v) is 28.1. The van der Waals surface area contributed by atoms with Crippen molar-refractivity contribution in [3.63, 3.8) is 0 Å². The molecule has 4 aromatic carbocycles. The molecule has 0 spiro atoms. The quantitative estimate of drug-likeness (QED) is 0.0677. The smallest absolute Gasteiger partial charge is 0.407 e. The van der Waals surface area contributed by atoms with Crippen molar-refractivity contribution in [3.8, 4) is 28.6 Å². The number of nitrogens with zero attached hydrogens (tertiary/aromatic N) is 6. The van der Waals surface area contributed by atoms with Gasteiger partial charge in [-0.25, -0.2) is 26.4 Å². The molecule has 1 unspecified atom stereocenters. The average Bonchev–Trinajstić information content (AvgIpc) is 3.79. The van der Waals surface area contributed by atoms with Crippen LogP contribution in [0.5, 0.6) is 17.2 Å². The third-order valence-corrected chi connectivity index (χ3v) is 20.3. The molecule has 22 heteroatoms. The van der Waals surface area contributed by atoms with Crippen LogP contribution in [-0.4, -0.2) is 128 Å². The van der Waals surface area contributed by atoms with Crippen LogP contribution in [0.25, 0.3) is 11.4 Å². The minimum atomic E-state index is -4.88. The van der Waals surface area contributed by atoms with Gasteiger partial charge in [0.1, 0.15) is 32.6 Å². The van der Waals surface area contributed by atoms with Crippen LogP contribution in [0.4, 0.5) is 10.5 Å². The third kappa shape index (κ3) is 14.3. The van der Waals surface area contributed by atoms with Crippen molar-refractivity contribution >= 4 is 40.1 Å². The minimum absolute atomic E-state index is 0.0362. The topological polar surface area (TPSA) is 218 Å². The highest BCUT2D eigenvalue weighted by atomic mass is 32.2. The number of hydrogen-bond donors (Lipinski definition) is 3. The molecule has 0 saturated carbocycles. The molecule has 1 aliphatic rings. The van der Waals surface area contributed by atoms with E-state index in [0.29, 0.717) is 60.2 Å². The van der Waals surface area contributed by atoms with E-state index in [-0.39, 0.29) is 49.1 Å². The Morgan fingerprint density at radius 3 is 1.77 bits per heavy atom. The number of methoxy groups -OCH3 is 3. The van der Waals surface area contributed by atoms with Gasteiger partial charge in [0.05, 0.1) is 39.5 Å². The Kier molecular flexibility index (Phi) is 17.6. The molecule has 0 bridgehead atoms. The first kappa shape index (κ1) is 54.7. The Hall–Kier alpha value is -5.62. The molecule has 1 aliphatic heterocycles. The zero-order valence-electron chi connectivity index (χ0n) is 42.6. The number of alkyl carbamates (subject to hydrolysis) is 1. The van der Waals surface area contributed by atoms with E-state index in [1.807, 2.05) is 50.9 Å². The van der Waals surface area contributed by atoms with Gasteiger partial charge in [-0.3, -0.25) is 0 Å². The fourth-order valence-corrected chi connectivity index (χ4v) is 12.3. The van der Waals surface area contributed by atoms with Crippen LogP contribution in [0.3, 0.4) is 0 Å². The summed E-state index contributed by atoms with van der Waals surface area (Å²) in [7, 11) is -7.61. The second kappa shape index (κ2) is 22.9. The molecular weight excluding hydrogens is 967 g/mol.